The lowest BCUT2D eigenvalue weighted by Crippen LogP contribution is -2.51. The molecule has 0 saturated heterocycles. The van der Waals surface area contributed by atoms with Crippen LogP contribution in [0.15, 0.2) is 30.5 Å². The zero-order chi connectivity index (χ0) is 21.8. The third kappa shape index (κ3) is 6.31. The molecule has 0 aliphatic rings. The lowest BCUT2D eigenvalue weighted by atomic mass is 10.0. The fourth-order valence-electron chi connectivity index (χ4n) is 2.25. The van der Waals surface area contributed by atoms with E-state index in [1.807, 2.05) is 0 Å². The predicted molar refractivity (Wildman–Crippen MR) is 95.1 cm³/mol. The standard InChI is InChI=1S/C18H17ClF3N3O4/c1-9(2)13(17(27)28)25-15(26)12-7-23-16(29-8-18(20,21)22)14(24-12)10-3-5-11(19)6-4-10/h3-7,9,13H,8H2,1-2H3,(H,25,26)(H,27,28)/p-1/t13-/m1/s1. The zero-order valence-corrected chi connectivity index (χ0v) is 16.0. The van der Waals surface area contributed by atoms with Gasteiger partial charge in [0.05, 0.1) is 18.2 Å². The Labute approximate surface area is 168 Å². The lowest BCUT2D eigenvalue weighted by Gasteiger charge is -2.23. The molecule has 1 atom stereocenters. The van der Waals surface area contributed by atoms with E-state index < -0.39 is 42.5 Å². The minimum Gasteiger partial charge on any atom is -0.548 e. The summed E-state index contributed by atoms with van der Waals surface area (Å²) in [7, 11) is 0. The van der Waals surface area contributed by atoms with Gasteiger partial charge < -0.3 is 20.0 Å². The van der Waals surface area contributed by atoms with E-state index in [1.165, 1.54) is 24.3 Å². The second kappa shape index (κ2) is 9.08. The van der Waals surface area contributed by atoms with Gasteiger partial charge in [0.15, 0.2) is 6.61 Å². The van der Waals surface area contributed by atoms with E-state index in [9.17, 15) is 27.9 Å². The van der Waals surface area contributed by atoms with Crippen LogP contribution in [0.5, 0.6) is 5.88 Å². The van der Waals surface area contributed by atoms with Gasteiger partial charge in [-0.2, -0.15) is 13.2 Å². The Balaban J connectivity index is 2.40. The van der Waals surface area contributed by atoms with Crippen molar-refractivity contribution in [3.63, 3.8) is 0 Å². The molecule has 0 aliphatic carbocycles. The zero-order valence-electron chi connectivity index (χ0n) is 15.3. The van der Waals surface area contributed by atoms with Crippen LogP contribution in [0.2, 0.25) is 5.02 Å². The number of carbonyl (C=O) groups is 2. The number of ether oxygens (including phenoxy) is 1. The smallest absolute Gasteiger partial charge is 0.422 e. The monoisotopic (exact) mass is 430 g/mol. The van der Waals surface area contributed by atoms with Crippen molar-refractivity contribution >= 4 is 23.5 Å². The van der Waals surface area contributed by atoms with E-state index in [0.29, 0.717) is 10.6 Å². The van der Waals surface area contributed by atoms with Gasteiger partial charge in [-0.05, 0) is 18.1 Å². The molecule has 2 rings (SSSR count). The summed E-state index contributed by atoms with van der Waals surface area (Å²) in [6.45, 7) is 1.53. The highest BCUT2D eigenvalue weighted by atomic mass is 35.5. The SMILES string of the molecule is CC(C)[C@@H](NC(=O)c1cnc(OCC(F)(F)F)c(-c2ccc(Cl)cc2)n1)C(=O)[O-]. The van der Waals surface area contributed by atoms with Gasteiger partial charge in [0.1, 0.15) is 11.4 Å². The first-order chi connectivity index (χ1) is 13.5. The van der Waals surface area contributed by atoms with Crippen molar-refractivity contribution in [1.82, 2.24) is 15.3 Å². The van der Waals surface area contributed by atoms with Crippen LogP contribution in [0.1, 0.15) is 24.3 Å². The van der Waals surface area contributed by atoms with Crippen LogP contribution in [0.25, 0.3) is 11.3 Å². The van der Waals surface area contributed by atoms with Gasteiger partial charge in [-0.15, -0.1) is 0 Å². The molecular weight excluding hydrogens is 415 g/mol. The minimum absolute atomic E-state index is 0.131. The van der Waals surface area contributed by atoms with E-state index >= 15 is 0 Å². The van der Waals surface area contributed by atoms with Gasteiger partial charge in [-0.1, -0.05) is 37.6 Å². The van der Waals surface area contributed by atoms with Crippen molar-refractivity contribution < 1.29 is 32.6 Å². The molecule has 2 aromatic rings. The molecule has 0 aliphatic heterocycles. The van der Waals surface area contributed by atoms with Crippen LogP contribution >= 0.6 is 11.6 Å². The number of amides is 1. The number of nitrogens with zero attached hydrogens (tertiary/aromatic N) is 2. The van der Waals surface area contributed by atoms with Gasteiger partial charge in [0, 0.05) is 10.6 Å². The van der Waals surface area contributed by atoms with Crippen molar-refractivity contribution in [2.75, 3.05) is 6.61 Å². The maximum Gasteiger partial charge on any atom is 0.422 e. The highest BCUT2D eigenvalue weighted by Crippen LogP contribution is 2.29. The normalized spacial score (nSPS) is 12.5. The van der Waals surface area contributed by atoms with E-state index in [-0.39, 0.29) is 11.4 Å². The Kier molecular flexibility index (Phi) is 7.02. The molecule has 0 spiro atoms. The van der Waals surface area contributed by atoms with Crippen LogP contribution < -0.4 is 15.2 Å². The Morgan fingerprint density at radius 3 is 2.38 bits per heavy atom. The van der Waals surface area contributed by atoms with Crippen molar-refractivity contribution in [3.05, 3.63) is 41.2 Å². The number of alkyl halides is 3. The number of hydrogen-bond acceptors (Lipinski definition) is 6. The van der Waals surface area contributed by atoms with E-state index in [0.717, 1.165) is 6.20 Å². The van der Waals surface area contributed by atoms with E-state index in [2.05, 4.69) is 15.3 Å². The fourth-order valence-corrected chi connectivity index (χ4v) is 2.38. The van der Waals surface area contributed by atoms with Crippen molar-refractivity contribution in [3.8, 4) is 17.1 Å². The summed E-state index contributed by atoms with van der Waals surface area (Å²) in [6.07, 6.45) is -3.71. The Bertz CT molecular complexity index is 889. The molecule has 156 valence electrons. The average molecular weight is 431 g/mol. The number of rotatable bonds is 7. The molecule has 1 aromatic carbocycles. The second-order valence-electron chi connectivity index (χ2n) is 6.33. The molecule has 0 radical (unpaired) electrons. The molecule has 0 unspecified atom stereocenters. The maximum atomic E-state index is 12.5. The Hall–Kier alpha value is -2.88. The molecule has 29 heavy (non-hydrogen) atoms. The van der Waals surface area contributed by atoms with Crippen LogP contribution in [0.3, 0.4) is 0 Å². The summed E-state index contributed by atoms with van der Waals surface area (Å²) in [5, 5.41) is 13.8. The van der Waals surface area contributed by atoms with Gasteiger partial charge in [0.25, 0.3) is 5.91 Å². The van der Waals surface area contributed by atoms with Gasteiger partial charge in [-0.25, -0.2) is 9.97 Å². The predicted octanol–water partition coefficient (Wildman–Crippen LogP) is 2.24. The maximum absolute atomic E-state index is 12.5. The van der Waals surface area contributed by atoms with Crippen LogP contribution in [-0.4, -0.2) is 40.7 Å². The molecule has 1 amide bonds. The largest absolute Gasteiger partial charge is 0.548 e. The van der Waals surface area contributed by atoms with E-state index in [4.69, 9.17) is 16.3 Å². The topological polar surface area (TPSA) is 104 Å². The molecule has 7 nitrogen and oxygen atoms in total. The Morgan fingerprint density at radius 2 is 1.86 bits per heavy atom. The van der Waals surface area contributed by atoms with Crippen LogP contribution in [-0.2, 0) is 4.79 Å². The molecule has 0 fully saturated rings. The summed E-state index contributed by atoms with van der Waals surface area (Å²) >= 11 is 5.82. The third-order valence-electron chi connectivity index (χ3n) is 3.67. The van der Waals surface area contributed by atoms with Gasteiger partial charge in [0.2, 0.25) is 5.88 Å². The third-order valence-corrected chi connectivity index (χ3v) is 3.92. The first-order valence-electron chi connectivity index (χ1n) is 8.32. The van der Waals surface area contributed by atoms with Gasteiger partial charge in [-0.3, -0.25) is 4.79 Å². The summed E-state index contributed by atoms with van der Waals surface area (Å²) in [5.74, 6) is -3.27. The number of hydrogen-bond donors (Lipinski definition) is 1. The molecule has 11 heteroatoms. The number of halogens is 4. The molecule has 1 heterocycles. The second-order valence-corrected chi connectivity index (χ2v) is 6.77. The van der Waals surface area contributed by atoms with Crippen LogP contribution in [0.4, 0.5) is 13.2 Å². The highest BCUT2D eigenvalue weighted by molar-refractivity contribution is 6.30. The number of carboxylic acids is 1. The number of carbonyl (C=O) groups excluding carboxylic acids is 2. The number of aromatic nitrogens is 2. The first-order valence-corrected chi connectivity index (χ1v) is 8.70. The van der Waals surface area contributed by atoms with Crippen molar-refractivity contribution in [2.24, 2.45) is 5.92 Å². The summed E-state index contributed by atoms with van der Waals surface area (Å²) in [4.78, 5) is 31.3. The fraction of sp³-hybridized carbons (Fsp3) is 0.333. The van der Waals surface area contributed by atoms with Crippen molar-refractivity contribution in [1.29, 1.82) is 0 Å². The minimum atomic E-state index is -4.60. The molecule has 0 saturated carbocycles. The summed E-state index contributed by atoms with van der Waals surface area (Å²) in [5.41, 5.74) is -0.136. The Morgan fingerprint density at radius 1 is 1.24 bits per heavy atom. The van der Waals surface area contributed by atoms with Crippen molar-refractivity contribution in [2.45, 2.75) is 26.1 Å². The first kappa shape index (κ1) is 22.4. The number of nitrogens with one attached hydrogen (secondary N) is 1. The van der Waals surface area contributed by atoms with Crippen LogP contribution in [0, 0.1) is 5.92 Å². The number of aliphatic carboxylic acids is 1. The highest BCUT2D eigenvalue weighted by Gasteiger charge is 2.30. The number of benzene rings is 1. The molecular formula is C18H16ClF3N3O4-. The molecule has 0 bridgehead atoms. The number of carboxylic acid groups (broad SMARTS) is 1. The van der Waals surface area contributed by atoms with E-state index in [1.54, 1.807) is 13.8 Å². The van der Waals surface area contributed by atoms with Gasteiger partial charge >= 0.3 is 6.18 Å². The summed E-state index contributed by atoms with van der Waals surface area (Å²) < 4.78 is 42.3. The molecule has 1 N–H and O–H groups in total. The molecule has 1 aromatic heterocycles. The average Bonchev–Trinajstić information content (AvgIpc) is 2.63. The quantitative estimate of drug-likeness (QED) is 0.722. The lowest BCUT2D eigenvalue weighted by molar-refractivity contribution is -0.309. The summed E-state index contributed by atoms with van der Waals surface area (Å²) in [6, 6.07) is 4.59.